The zero-order chi connectivity index (χ0) is 18.8. The maximum atomic E-state index is 13.2. The number of aromatic nitrogens is 4. The molecule has 1 N–H and O–H groups in total. The third-order valence-electron chi connectivity index (χ3n) is 4.89. The van der Waals surface area contributed by atoms with Crippen molar-refractivity contribution >= 4 is 5.91 Å². The molecule has 0 fully saturated rings. The molecule has 140 valence electrons. The fraction of sp³-hybridized carbons (Fsp3) is 0.350. The van der Waals surface area contributed by atoms with Gasteiger partial charge in [-0.15, -0.1) is 0 Å². The summed E-state index contributed by atoms with van der Waals surface area (Å²) < 4.78 is 16.9. The number of nitrogens with zero attached hydrogens (tertiary/aromatic N) is 4. The van der Waals surface area contributed by atoms with Gasteiger partial charge in [0.1, 0.15) is 5.82 Å². The zero-order valence-corrected chi connectivity index (χ0v) is 15.2. The summed E-state index contributed by atoms with van der Waals surface area (Å²) in [7, 11) is 0. The van der Waals surface area contributed by atoms with Crippen LogP contribution in [0.1, 0.15) is 35.1 Å². The molecule has 1 aliphatic rings. The molecule has 7 heteroatoms. The van der Waals surface area contributed by atoms with Gasteiger partial charge in [0.05, 0.1) is 5.69 Å². The van der Waals surface area contributed by atoms with E-state index in [1.165, 1.54) is 12.1 Å². The summed E-state index contributed by atoms with van der Waals surface area (Å²) in [6, 6.07) is 8.09. The van der Waals surface area contributed by atoms with Crippen molar-refractivity contribution in [3.63, 3.8) is 0 Å². The molecule has 6 nitrogen and oxygen atoms in total. The third-order valence-corrected chi connectivity index (χ3v) is 4.89. The van der Waals surface area contributed by atoms with Crippen LogP contribution in [-0.2, 0) is 19.4 Å². The summed E-state index contributed by atoms with van der Waals surface area (Å²) in [6.45, 7) is 3.37. The number of amides is 1. The quantitative estimate of drug-likeness (QED) is 0.729. The molecule has 1 amide bonds. The lowest BCUT2D eigenvalue weighted by Gasteiger charge is -2.12. The van der Waals surface area contributed by atoms with Crippen LogP contribution in [0.3, 0.4) is 0 Å². The molecule has 0 saturated carbocycles. The van der Waals surface area contributed by atoms with Gasteiger partial charge in [0.25, 0.3) is 5.91 Å². The van der Waals surface area contributed by atoms with Crippen LogP contribution in [0.25, 0.3) is 5.69 Å². The van der Waals surface area contributed by atoms with Gasteiger partial charge in [-0.25, -0.2) is 9.07 Å². The standard InChI is InChI=1S/C20H22FN5O/c1-14(13-25-11-3-10-23-25)12-22-20(27)19-17-4-2-5-18(17)26(24-19)16-8-6-15(21)7-9-16/h3,6-11,14H,2,4-5,12-13H2,1H3,(H,22,27). The smallest absolute Gasteiger partial charge is 0.272 e. The minimum Gasteiger partial charge on any atom is -0.350 e. The molecular weight excluding hydrogens is 345 g/mol. The van der Waals surface area contributed by atoms with Gasteiger partial charge < -0.3 is 5.32 Å². The summed E-state index contributed by atoms with van der Waals surface area (Å²) in [6.07, 6.45) is 6.39. The number of nitrogens with one attached hydrogen (secondary N) is 1. The van der Waals surface area contributed by atoms with Crippen LogP contribution in [-0.4, -0.2) is 32.0 Å². The Balaban J connectivity index is 1.49. The normalized spacial score (nSPS) is 14.1. The lowest BCUT2D eigenvalue weighted by atomic mass is 10.1. The van der Waals surface area contributed by atoms with Gasteiger partial charge in [-0.2, -0.15) is 10.2 Å². The molecule has 4 rings (SSSR count). The van der Waals surface area contributed by atoms with Crippen molar-refractivity contribution < 1.29 is 9.18 Å². The first-order chi connectivity index (χ1) is 13.1. The second-order valence-corrected chi connectivity index (χ2v) is 7.06. The van der Waals surface area contributed by atoms with Crippen LogP contribution in [0.5, 0.6) is 0 Å². The average molecular weight is 367 g/mol. The van der Waals surface area contributed by atoms with Crippen molar-refractivity contribution in [3.05, 3.63) is 65.5 Å². The molecular formula is C20H22FN5O. The average Bonchev–Trinajstić information content (AvgIpc) is 3.38. The fourth-order valence-corrected chi connectivity index (χ4v) is 3.56. The van der Waals surface area contributed by atoms with Crippen molar-refractivity contribution in [2.24, 2.45) is 5.92 Å². The van der Waals surface area contributed by atoms with Crippen LogP contribution in [0.4, 0.5) is 4.39 Å². The Morgan fingerprint density at radius 3 is 2.85 bits per heavy atom. The van der Waals surface area contributed by atoms with Crippen molar-refractivity contribution in [1.82, 2.24) is 24.9 Å². The number of carbonyl (C=O) groups excluding carboxylic acids is 1. The second-order valence-electron chi connectivity index (χ2n) is 7.06. The van der Waals surface area contributed by atoms with Crippen molar-refractivity contribution in [1.29, 1.82) is 0 Å². The van der Waals surface area contributed by atoms with Crippen molar-refractivity contribution in [2.75, 3.05) is 6.54 Å². The lowest BCUT2D eigenvalue weighted by Crippen LogP contribution is -2.31. The summed E-state index contributed by atoms with van der Waals surface area (Å²) >= 11 is 0. The SMILES string of the molecule is CC(CNC(=O)c1nn(-c2ccc(F)cc2)c2c1CCC2)Cn1cccn1. The van der Waals surface area contributed by atoms with Gasteiger partial charge in [0.15, 0.2) is 5.69 Å². The Bertz CT molecular complexity index is 930. The topological polar surface area (TPSA) is 64.7 Å². The van der Waals surface area contributed by atoms with E-state index in [1.807, 2.05) is 16.9 Å². The Kier molecular flexibility index (Phi) is 4.75. The fourth-order valence-electron chi connectivity index (χ4n) is 3.56. The van der Waals surface area contributed by atoms with Gasteiger partial charge in [-0.05, 0) is 55.5 Å². The molecule has 0 saturated heterocycles. The summed E-state index contributed by atoms with van der Waals surface area (Å²) in [5, 5.41) is 11.7. The Morgan fingerprint density at radius 2 is 2.11 bits per heavy atom. The van der Waals surface area contributed by atoms with E-state index in [1.54, 1.807) is 23.0 Å². The highest BCUT2D eigenvalue weighted by molar-refractivity contribution is 5.94. The Labute approximate surface area is 157 Å². The first-order valence-corrected chi connectivity index (χ1v) is 9.24. The number of carbonyl (C=O) groups is 1. The highest BCUT2D eigenvalue weighted by atomic mass is 19.1. The maximum Gasteiger partial charge on any atom is 0.272 e. The summed E-state index contributed by atoms with van der Waals surface area (Å²) in [5.41, 5.74) is 3.33. The second kappa shape index (κ2) is 7.34. The molecule has 3 aromatic rings. The molecule has 1 unspecified atom stereocenters. The van der Waals surface area contributed by atoms with E-state index in [-0.39, 0.29) is 17.6 Å². The number of benzene rings is 1. The van der Waals surface area contributed by atoms with Crippen LogP contribution in [0.15, 0.2) is 42.7 Å². The van der Waals surface area contributed by atoms with E-state index < -0.39 is 0 Å². The highest BCUT2D eigenvalue weighted by Crippen LogP contribution is 2.27. The van der Waals surface area contributed by atoms with Crippen molar-refractivity contribution in [2.45, 2.75) is 32.7 Å². The van der Waals surface area contributed by atoms with E-state index in [0.717, 1.165) is 42.8 Å². The monoisotopic (exact) mass is 367 g/mol. The maximum absolute atomic E-state index is 13.2. The molecule has 0 bridgehead atoms. The molecule has 1 aromatic carbocycles. The highest BCUT2D eigenvalue weighted by Gasteiger charge is 2.27. The third kappa shape index (κ3) is 3.63. The van der Waals surface area contributed by atoms with Gasteiger partial charge in [0, 0.05) is 36.7 Å². The van der Waals surface area contributed by atoms with E-state index in [0.29, 0.717) is 12.2 Å². The number of hydrogen-bond donors (Lipinski definition) is 1. The summed E-state index contributed by atoms with van der Waals surface area (Å²) in [4.78, 5) is 12.7. The first kappa shape index (κ1) is 17.5. The first-order valence-electron chi connectivity index (χ1n) is 9.24. The molecule has 1 aliphatic carbocycles. The zero-order valence-electron chi connectivity index (χ0n) is 15.2. The molecule has 2 heterocycles. The van der Waals surface area contributed by atoms with E-state index in [2.05, 4.69) is 22.4 Å². The lowest BCUT2D eigenvalue weighted by molar-refractivity contribution is 0.0940. The summed E-state index contributed by atoms with van der Waals surface area (Å²) in [5.74, 6) is -0.186. The van der Waals surface area contributed by atoms with Gasteiger partial charge in [-0.1, -0.05) is 6.92 Å². The molecule has 0 aliphatic heterocycles. The van der Waals surface area contributed by atoms with Crippen LogP contribution in [0.2, 0.25) is 0 Å². The number of fused-ring (bicyclic) bond motifs is 1. The van der Waals surface area contributed by atoms with E-state index in [9.17, 15) is 9.18 Å². The van der Waals surface area contributed by atoms with Crippen LogP contribution in [0, 0.1) is 11.7 Å². The number of halogens is 1. The van der Waals surface area contributed by atoms with Crippen LogP contribution < -0.4 is 5.32 Å². The molecule has 1 atom stereocenters. The molecule has 0 spiro atoms. The predicted octanol–water partition coefficient (Wildman–Crippen LogP) is 2.76. The predicted molar refractivity (Wildman–Crippen MR) is 99.3 cm³/mol. The molecule has 27 heavy (non-hydrogen) atoms. The number of hydrogen-bond acceptors (Lipinski definition) is 3. The van der Waals surface area contributed by atoms with E-state index >= 15 is 0 Å². The van der Waals surface area contributed by atoms with Gasteiger partial charge in [0.2, 0.25) is 0 Å². The van der Waals surface area contributed by atoms with E-state index in [4.69, 9.17) is 0 Å². The largest absolute Gasteiger partial charge is 0.350 e. The molecule has 2 aromatic heterocycles. The molecule has 0 radical (unpaired) electrons. The minimum atomic E-state index is -0.285. The van der Waals surface area contributed by atoms with Gasteiger partial charge >= 0.3 is 0 Å². The number of rotatable bonds is 6. The Hall–Kier alpha value is -2.96. The Morgan fingerprint density at radius 1 is 1.30 bits per heavy atom. The van der Waals surface area contributed by atoms with Crippen molar-refractivity contribution in [3.8, 4) is 5.69 Å². The minimum absolute atomic E-state index is 0.152. The van der Waals surface area contributed by atoms with Gasteiger partial charge in [-0.3, -0.25) is 9.48 Å². The van der Waals surface area contributed by atoms with Crippen LogP contribution >= 0.6 is 0 Å².